The summed E-state index contributed by atoms with van der Waals surface area (Å²) < 4.78 is 7.16. The Morgan fingerprint density at radius 2 is 2.00 bits per heavy atom. The van der Waals surface area contributed by atoms with Crippen LogP contribution in [-0.4, -0.2) is 44.6 Å². The van der Waals surface area contributed by atoms with Crippen LogP contribution in [0.25, 0.3) is 16.7 Å². The van der Waals surface area contributed by atoms with Gasteiger partial charge in [-0.25, -0.2) is 14.6 Å². The van der Waals surface area contributed by atoms with E-state index in [4.69, 9.17) is 9.84 Å². The SMILES string of the molecule is CCC[C@H](CO)Nc1nc(C)nc2c1c(C)nn2-c1ccc(OC)cc1C. The molecular formula is C20H27N5O2. The van der Waals surface area contributed by atoms with E-state index in [2.05, 4.69) is 22.2 Å². The Balaban J connectivity index is 2.15. The van der Waals surface area contributed by atoms with Crippen molar-refractivity contribution >= 4 is 16.9 Å². The second-order valence-electron chi connectivity index (χ2n) is 6.78. The Hall–Kier alpha value is -2.67. The van der Waals surface area contributed by atoms with E-state index in [1.807, 2.05) is 43.7 Å². The first kappa shape index (κ1) is 19.1. The third-order valence-corrected chi connectivity index (χ3v) is 4.64. The third-order valence-electron chi connectivity index (χ3n) is 4.64. The summed E-state index contributed by atoms with van der Waals surface area (Å²) in [4.78, 5) is 9.23. The number of fused-ring (bicyclic) bond motifs is 1. The van der Waals surface area contributed by atoms with E-state index in [1.165, 1.54) is 0 Å². The van der Waals surface area contributed by atoms with Gasteiger partial charge in [0.2, 0.25) is 0 Å². The van der Waals surface area contributed by atoms with Crippen molar-refractivity contribution in [2.45, 2.75) is 46.6 Å². The fourth-order valence-electron chi connectivity index (χ4n) is 3.31. The van der Waals surface area contributed by atoms with Crippen LogP contribution in [0.4, 0.5) is 5.82 Å². The smallest absolute Gasteiger partial charge is 0.168 e. The van der Waals surface area contributed by atoms with Gasteiger partial charge in [0.25, 0.3) is 0 Å². The van der Waals surface area contributed by atoms with Gasteiger partial charge in [-0.05, 0) is 51.0 Å². The molecule has 3 aromatic rings. The molecule has 0 unspecified atom stereocenters. The Labute approximate surface area is 159 Å². The summed E-state index contributed by atoms with van der Waals surface area (Å²) in [5, 5.41) is 18.6. The summed E-state index contributed by atoms with van der Waals surface area (Å²) in [7, 11) is 1.66. The molecule has 0 aliphatic carbocycles. The number of aliphatic hydroxyl groups is 1. The molecule has 0 bridgehead atoms. The van der Waals surface area contributed by atoms with E-state index < -0.39 is 0 Å². The number of hydrogen-bond acceptors (Lipinski definition) is 6. The lowest BCUT2D eigenvalue weighted by Gasteiger charge is -2.17. The molecule has 144 valence electrons. The molecule has 0 spiro atoms. The fourth-order valence-corrected chi connectivity index (χ4v) is 3.31. The maximum Gasteiger partial charge on any atom is 0.168 e. The van der Waals surface area contributed by atoms with E-state index in [-0.39, 0.29) is 12.6 Å². The molecule has 3 rings (SSSR count). The molecule has 0 radical (unpaired) electrons. The second kappa shape index (κ2) is 7.92. The number of aromatic nitrogens is 4. The van der Waals surface area contributed by atoms with E-state index in [0.717, 1.165) is 52.4 Å². The molecule has 2 heterocycles. The lowest BCUT2D eigenvalue weighted by atomic mass is 10.1. The number of aryl methyl sites for hydroxylation is 3. The van der Waals surface area contributed by atoms with Crippen molar-refractivity contribution in [3.05, 3.63) is 35.3 Å². The minimum absolute atomic E-state index is 0.0435. The van der Waals surface area contributed by atoms with Crippen LogP contribution in [-0.2, 0) is 0 Å². The average Bonchev–Trinajstić information content (AvgIpc) is 2.97. The van der Waals surface area contributed by atoms with Gasteiger partial charge in [0.05, 0.1) is 36.5 Å². The summed E-state index contributed by atoms with van der Waals surface area (Å²) in [6.45, 7) is 8.00. The van der Waals surface area contributed by atoms with Crippen LogP contribution < -0.4 is 10.1 Å². The van der Waals surface area contributed by atoms with Gasteiger partial charge in [0.15, 0.2) is 5.65 Å². The Kier molecular flexibility index (Phi) is 5.60. The molecule has 0 saturated heterocycles. The van der Waals surface area contributed by atoms with Crippen LogP contribution >= 0.6 is 0 Å². The highest BCUT2D eigenvalue weighted by molar-refractivity contribution is 5.90. The zero-order valence-electron chi connectivity index (χ0n) is 16.6. The van der Waals surface area contributed by atoms with Gasteiger partial charge < -0.3 is 15.2 Å². The Morgan fingerprint density at radius 3 is 2.63 bits per heavy atom. The summed E-state index contributed by atoms with van der Waals surface area (Å²) >= 11 is 0. The van der Waals surface area contributed by atoms with E-state index >= 15 is 0 Å². The van der Waals surface area contributed by atoms with E-state index in [1.54, 1.807) is 7.11 Å². The van der Waals surface area contributed by atoms with Crippen LogP contribution in [0.3, 0.4) is 0 Å². The molecule has 0 aliphatic heterocycles. The normalized spacial score (nSPS) is 12.4. The maximum absolute atomic E-state index is 9.66. The molecule has 7 heteroatoms. The topological polar surface area (TPSA) is 85.1 Å². The Morgan fingerprint density at radius 1 is 1.22 bits per heavy atom. The molecule has 2 N–H and O–H groups in total. The molecular weight excluding hydrogens is 342 g/mol. The highest BCUT2D eigenvalue weighted by atomic mass is 16.5. The van der Waals surface area contributed by atoms with Crippen molar-refractivity contribution < 1.29 is 9.84 Å². The van der Waals surface area contributed by atoms with Crippen molar-refractivity contribution in [3.8, 4) is 11.4 Å². The van der Waals surface area contributed by atoms with E-state index in [9.17, 15) is 5.11 Å². The monoisotopic (exact) mass is 369 g/mol. The minimum Gasteiger partial charge on any atom is -0.497 e. The summed E-state index contributed by atoms with van der Waals surface area (Å²) in [5.41, 5.74) is 3.59. The molecule has 1 atom stereocenters. The van der Waals surface area contributed by atoms with Gasteiger partial charge in [-0.1, -0.05) is 13.3 Å². The van der Waals surface area contributed by atoms with Crippen LogP contribution in [0.2, 0.25) is 0 Å². The fraction of sp³-hybridized carbons (Fsp3) is 0.450. The van der Waals surface area contributed by atoms with Crippen LogP contribution in [0.15, 0.2) is 18.2 Å². The van der Waals surface area contributed by atoms with Crippen molar-refractivity contribution in [3.63, 3.8) is 0 Å². The lowest BCUT2D eigenvalue weighted by molar-refractivity contribution is 0.268. The number of aliphatic hydroxyl groups excluding tert-OH is 1. The predicted octanol–water partition coefficient (Wildman–Crippen LogP) is 3.32. The minimum atomic E-state index is -0.0435. The predicted molar refractivity (Wildman–Crippen MR) is 107 cm³/mol. The highest BCUT2D eigenvalue weighted by Gasteiger charge is 2.19. The van der Waals surface area contributed by atoms with Gasteiger partial charge in [-0.2, -0.15) is 5.10 Å². The zero-order valence-corrected chi connectivity index (χ0v) is 16.6. The van der Waals surface area contributed by atoms with E-state index in [0.29, 0.717) is 5.82 Å². The van der Waals surface area contributed by atoms with Crippen molar-refractivity contribution in [2.24, 2.45) is 0 Å². The van der Waals surface area contributed by atoms with Crippen molar-refractivity contribution in [2.75, 3.05) is 19.0 Å². The molecule has 1 aromatic carbocycles. The number of nitrogens with one attached hydrogen (secondary N) is 1. The van der Waals surface area contributed by atoms with Gasteiger partial charge in [0.1, 0.15) is 17.4 Å². The second-order valence-corrected chi connectivity index (χ2v) is 6.78. The highest BCUT2D eigenvalue weighted by Crippen LogP contribution is 2.29. The standard InChI is InChI=1S/C20H27N5O2/c1-6-7-15(11-26)23-19-18-13(3)24-25(20(18)22-14(4)21-19)17-9-8-16(27-5)10-12(17)2/h8-10,15,26H,6-7,11H2,1-5H3,(H,21,22,23)/t15-/m1/s1. The molecule has 0 aliphatic rings. The van der Waals surface area contributed by atoms with Gasteiger partial charge in [-0.3, -0.25) is 0 Å². The van der Waals surface area contributed by atoms with Gasteiger partial charge in [-0.15, -0.1) is 0 Å². The van der Waals surface area contributed by atoms with Crippen LogP contribution in [0.5, 0.6) is 5.75 Å². The third kappa shape index (κ3) is 3.73. The first-order chi connectivity index (χ1) is 13.0. The number of ether oxygens (including phenoxy) is 1. The number of anilines is 1. The quantitative estimate of drug-likeness (QED) is 0.664. The largest absolute Gasteiger partial charge is 0.497 e. The number of hydrogen-bond donors (Lipinski definition) is 2. The molecule has 0 fully saturated rings. The number of rotatable bonds is 7. The molecule has 7 nitrogen and oxygen atoms in total. The summed E-state index contributed by atoms with van der Waals surface area (Å²) in [6.07, 6.45) is 1.85. The van der Waals surface area contributed by atoms with Gasteiger partial charge >= 0.3 is 0 Å². The zero-order chi connectivity index (χ0) is 19.6. The molecule has 2 aromatic heterocycles. The lowest BCUT2D eigenvalue weighted by Crippen LogP contribution is -2.24. The number of benzene rings is 1. The number of nitrogens with zero attached hydrogens (tertiary/aromatic N) is 4. The average molecular weight is 369 g/mol. The molecule has 0 amide bonds. The molecule has 27 heavy (non-hydrogen) atoms. The van der Waals surface area contributed by atoms with Crippen molar-refractivity contribution in [1.29, 1.82) is 0 Å². The molecule has 0 saturated carbocycles. The van der Waals surface area contributed by atoms with Gasteiger partial charge in [0, 0.05) is 0 Å². The van der Waals surface area contributed by atoms with Crippen molar-refractivity contribution in [1.82, 2.24) is 19.7 Å². The van der Waals surface area contributed by atoms with Crippen LogP contribution in [0, 0.1) is 20.8 Å². The maximum atomic E-state index is 9.66. The first-order valence-electron chi connectivity index (χ1n) is 9.24. The number of methoxy groups -OCH3 is 1. The summed E-state index contributed by atoms with van der Waals surface area (Å²) in [6, 6.07) is 5.84. The summed E-state index contributed by atoms with van der Waals surface area (Å²) in [5.74, 6) is 2.19. The Bertz CT molecular complexity index is 951. The first-order valence-corrected chi connectivity index (χ1v) is 9.24. The van der Waals surface area contributed by atoms with Crippen LogP contribution in [0.1, 0.15) is 36.8 Å².